The van der Waals surface area contributed by atoms with Crippen LogP contribution < -0.4 is 5.32 Å². The lowest BCUT2D eigenvalue weighted by molar-refractivity contribution is -0.137. The number of nitrogens with zero attached hydrogens (tertiary/aromatic N) is 1. The third kappa shape index (κ3) is 3.81. The summed E-state index contributed by atoms with van der Waals surface area (Å²) in [7, 11) is 1.46. The molecule has 0 aromatic heterocycles. The number of rotatable bonds is 4. The van der Waals surface area contributed by atoms with Crippen LogP contribution in [0.15, 0.2) is 0 Å². The van der Waals surface area contributed by atoms with Crippen LogP contribution in [0.25, 0.3) is 0 Å². The summed E-state index contributed by atoms with van der Waals surface area (Å²) in [6, 6.07) is -0.458. The van der Waals surface area contributed by atoms with E-state index >= 15 is 0 Å². The molecule has 0 aliphatic carbocycles. The molecule has 1 N–H and O–H groups in total. The van der Waals surface area contributed by atoms with Crippen LogP contribution in [0, 0.1) is 0 Å². The van der Waals surface area contributed by atoms with E-state index < -0.39 is 6.04 Å². The quantitative estimate of drug-likeness (QED) is 0.745. The van der Waals surface area contributed by atoms with E-state index in [-0.39, 0.29) is 18.4 Å². The number of amides is 2. The molecule has 1 aliphatic rings. The van der Waals surface area contributed by atoms with Crippen molar-refractivity contribution >= 4 is 11.8 Å². The predicted octanol–water partition coefficient (Wildman–Crippen LogP) is 0.150. The van der Waals surface area contributed by atoms with E-state index in [1.807, 2.05) is 4.90 Å². The Hall–Kier alpha value is -1.10. The van der Waals surface area contributed by atoms with E-state index in [1.54, 1.807) is 6.92 Å². The number of ether oxygens (including phenoxy) is 1. The number of likely N-dealkylation sites (tertiary alicyclic amines) is 1. The fourth-order valence-corrected chi connectivity index (χ4v) is 1.86. The van der Waals surface area contributed by atoms with Crippen LogP contribution in [0.1, 0.15) is 26.2 Å². The van der Waals surface area contributed by atoms with Gasteiger partial charge in [-0.05, 0) is 26.2 Å². The van der Waals surface area contributed by atoms with Gasteiger partial charge in [0.2, 0.25) is 11.8 Å². The van der Waals surface area contributed by atoms with Gasteiger partial charge in [0, 0.05) is 20.2 Å². The molecule has 2 amide bonds. The molecule has 1 fully saturated rings. The maximum atomic E-state index is 11.9. The second kappa shape index (κ2) is 6.48. The first-order chi connectivity index (χ1) is 7.65. The minimum atomic E-state index is -0.458. The summed E-state index contributed by atoms with van der Waals surface area (Å²) in [5, 5.41) is 2.62. The van der Waals surface area contributed by atoms with Crippen molar-refractivity contribution < 1.29 is 14.3 Å². The van der Waals surface area contributed by atoms with Gasteiger partial charge < -0.3 is 15.0 Å². The maximum Gasteiger partial charge on any atom is 0.246 e. The molecule has 1 unspecified atom stereocenters. The van der Waals surface area contributed by atoms with Crippen molar-refractivity contribution in [2.75, 3.05) is 26.8 Å². The lowest BCUT2D eigenvalue weighted by Crippen LogP contribution is -2.49. The molecular formula is C11H20N2O3. The van der Waals surface area contributed by atoms with Gasteiger partial charge in [0.1, 0.15) is 12.6 Å². The molecule has 1 heterocycles. The van der Waals surface area contributed by atoms with E-state index in [9.17, 15) is 9.59 Å². The fraction of sp³-hybridized carbons (Fsp3) is 0.818. The first kappa shape index (κ1) is 13.0. The molecule has 5 nitrogen and oxygen atoms in total. The Bertz CT molecular complexity index is 250. The van der Waals surface area contributed by atoms with E-state index in [0.717, 1.165) is 25.9 Å². The molecule has 16 heavy (non-hydrogen) atoms. The zero-order valence-corrected chi connectivity index (χ0v) is 9.99. The zero-order chi connectivity index (χ0) is 12.0. The van der Waals surface area contributed by atoms with Crippen molar-refractivity contribution in [3.63, 3.8) is 0 Å². The number of piperidine rings is 1. The summed E-state index contributed by atoms with van der Waals surface area (Å²) < 4.78 is 4.69. The molecule has 1 saturated heterocycles. The molecule has 1 atom stereocenters. The highest BCUT2D eigenvalue weighted by Gasteiger charge is 2.22. The fourth-order valence-electron chi connectivity index (χ4n) is 1.86. The van der Waals surface area contributed by atoms with Crippen molar-refractivity contribution in [2.45, 2.75) is 32.2 Å². The van der Waals surface area contributed by atoms with Crippen LogP contribution in [0.4, 0.5) is 0 Å². The van der Waals surface area contributed by atoms with Crippen LogP contribution in [0.2, 0.25) is 0 Å². The second-order valence-electron chi connectivity index (χ2n) is 4.11. The van der Waals surface area contributed by atoms with Gasteiger partial charge in [-0.3, -0.25) is 9.59 Å². The van der Waals surface area contributed by atoms with Gasteiger partial charge in [0.25, 0.3) is 0 Å². The Balaban J connectivity index is 2.37. The van der Waals surface area contributed by atoms with Gasteiger partial charge in [-0.25, -0.2) is 0 Å². The third-order valence-corrected chi connectivity index (χ3v) is 2.69. The number of hydrogen-bond acceptors (Lipinski definition) is 3. The number of carbonyl (C=O) groups is 2. The molecular weight excluding hydrogens is 208 g/mol. The van der Waals surface area contributed by atoms with Gasteiger partial charge in [-0.15, -0.1) is 0 Å². The van der Waals surface area contributed by atoms with E-state index in [2.05, 4.69) is 5.32 Å². The summed E-state index contributed by atoms with van der Waals surface area (Å²) in [4.78, 5) is 25.0. The normalized spacial score (nSPS) is 18.0. The summed E-state index contributed by atoms with van der Waals surface area (Å²) in [6.07, 6.45) is 3.31. The topological polar surface area (TPSA) is 58.6 Å². The molecule has 0 saturated carbocycles. The molecule has 1 aliphatic heterocycles. The van der Waals surface area contributed by atoms with Gasteiger partial charge in [0.05, 0.1) is 0 Å². The molecule has 0 aromatic rings. The molecule has 92 valence electrons. The van der Waals surface area contributed by atoms with E-state index in [4.69, 9.17) is 4.74 Å². The Labute approximate surface area is 96.1 Å². The number of methoxy groups -OCH3 is 1. The Morgan fingerprint density at radius 2 is 1.94 bits per heavy atom. The van der Waals surface area contributed by atoms with Gasteiger partial charge in [0.15, 0.2) is 0 Å². The Morgan fingerprint density at radius 3 is 2.50 bits per heavy atom. The smallest absolute Gasteiger partial charge is 0.246 e. The lowest BCUT2D eigenvalue weighted by atomic mass is 10.1. The van der Waals surface area contributed by atoms with Crippen molar-refractivity contribution in [1.29, 1.82) is 0 Å². The van der Waals surface area contributed by atoms with E-state index in [0.29, 0.717) is 0 Å². The SMILES string of the molecule is COCC(=O)NC(C)C(=O)N1CCCCC1. The van der Waals surface area contributed by atoms with Crippen molar-refractivity contribution in [1.82, 2.24) is 10.2 Å². The van der Waals surface area contributed by atoms with Crippen LogP contribution in [0.5, 0.6) is 0 Å². The molecule has 0 bridgehead atoms. The highest BCUT2D eigenvalue weighted by atomic mass is 16.5. The standard InChI is InChI=1S/C11H20N2O3/c1-9(12-10(14)8-16-2)11(15)13-6-4-3-5-7-13/h9H,3-8H2,1-2H3,(H,12,14). The summed E-state index contributed by atoms with van der Waals surface area (Å²) in [5.74, 6) is -0.246. The zero-order valence-electron chi connectivity index (χ0n) is 9.99. The van der Waals surface area contributed by atoms with Crippen LogP contribution in [0.3, 0.4) is 0 Å². The van der Waals surface area contributed by atoms with Crippen LogP contribution in [-0.4, -0.2) is 49.6 Å². The first-order valence-corrected chi connectivity index (χ1v) is 5.72. The molecule has 0 radical (unpaired) electrons. The van der Waals surface area contributed by atoms with Crippen LogP contribution >= 0.6 is 0 Å². The number of hydrogen-bond donors (Lipinski definition) is 1. The maximum absolute atomic E-state index is 11.9. The van der Waals surface area contributed by atoms with Gasteiger partial charge in [-0.1, -0.05) is 0 Å². The Morgan fingerprint density at radius 1 is 1.31 bits per heavy atom. The van der Waals surface area contributed by atoms with E-state index in [1.165, 1.54) is 13.5 Å². The third-order valence-electron chi connectivity index (χ3n) is 2.69. The number of nitrogens with one attached hydrogen (secondary N) is 1. The highest BCUT2D eigenvalue weighted by Crippen LogP contribution is 2.09. The average Bonchev–Trinajstić information content (AvgIpc) is 2.29. The van der Waals surface area contributed by atoms with Crippen molar-refractivity contribution in [3.05, 3.63) is 0 Å². The Kier molecular flexibility index (Phi) is 5.25. The van der Waals surface area contributed by atoms with Crippen molar-refractivity contribution in [2.24, 2.45) is 0 Å². The lowest BCUT2D eigenvalue weighted by Gasteiger charge is -2.29. The minimum absolute atomic E-state index is 0.00236. The summed E-state index contributed by atoms with van der Waals surface area (Å²) in [6.45, 7) is 3.33. The molecule has 0 aromatic carbocycles. The van der Waals surface area contributed by atoms with Gasteiger partial charge >= 0.3 is 0 Å². The number of carbonyl (C=O) groups excluding carboxylic acids is 2. The van der Waals surface area contributed by atoms with Crippen LogP contribution in [-0.2, 0) is 14.3 Å². The highest BCUT2D eigenvalue weighted by molar-refractivity contribution is 5.87. The minimum Gasteiger partial charge on any atom is -0.375 e. The largest absolute Gasteiger partial charge is 0.375 e. The second-order valence-corrected chi connectivity index (χ2v) is 4.11. The molecule has 1 rings (SSSR count). The first-order valence-electron chi connectivity index (χ1n) is 5.72. The van der Waals surface area contributed by atoms with Gasteiger partial charge in [-0.2, -0.15) is 0 Å². The van der Waals surface area contributed by atoms with Crippen molar-refractivity contribution in [3.8, 4) is 0 Å². The summed E-state index contributed by atoms with van der Waals surface area (Å²) in [5.41, 5.74) is 0. The predicted molar refractivity (Wildman–Crippen MR) is 59.9 cm³/mol. The summed E-state index contributed by atoms with van der Waals surface area (Å²) >= 11 is 0. The molecule has 0 spiro atoms. The monoisotopic (exact) mass is 228 g/mol. The average molecular weight is 228 g/mol. The molecule has 5 heteroatoms.